The van der Waals surface area contributed by atoms with Crippen molar-refractivity contribution in [1.29, 1.82) is 0 Å². The van der Waals surface area contributed by atoms with E-state index in [9.17, 15) is 23.1 Å². The van der Waals surface area contributed by atoms with Gasteiger partial charge in [0.05, 0.1) is 0 Å². The number of hydrogen-bond acceptors (Lipinski definition) is 6. The molecule has 1 aliphatic carbocycles. The molecule has 178 valence electrons. The van der Waals surface area contributed by atoms with Gasteiger partial charge in [-0.15, -0.1) is 0 Å². The Hall–Kier alpha value is -3.11. The molecule has 0 saturated heterocycles. The van der Waals surface area contributed by atoms with Crippen molar-refractivity contribution >= 4 is 27.6 Å². The first kappa shape index (κ1) is 24.5. The number of fused-ring (bicyclic) bond motifs is 1. The zero-order chi connectivity index (χ0) is 24.6. The third-order valence-electron chi connectivity index (χ3n) is 5.21. The number of aliphatic carboxylic acids is 1. The van der Waals surface area contributed by atoms with E-state index in [2.05, 4.69) is 10.0 Å². The lowest BCUT2D eigenvalue weighted by molar-refractivity contribution is -0.147. The van der Waals surface area contributed by atoms with Crippen LogP contribution in [0.1, 0.15) is 43.9 Å². The topological polar surface area (TPSA) is 142 Å². The number of amides is 1. The number of carbonyl (C=O) groups is 2. The number of carboxylic acids is 1. The Kier molecular flexibility index (Phi) is 6.71. The van der Waals surface area contributed by atoms with Crippen LogP contribution in [0.4, 0.5) is 5.69 Å². The van der Waals surface area contributed by atoms with Crippen LogP contribution in [0, 0.1) is 12.3 Å². The molecule has 0 heterocycles. The molecule has 9 nitrogen and oxygen atoms in total. The van der Waals surface area contributed by atoms with Crippen molar-refractivity contribution in [3.8, 4) is 17.2 Å². The average Bonchev–Trinajstić information content (AvgIpc) is 3.20. The molecular formula is C23H28N2O7S. The number of carbonyl (C=O) groups excluding carboxylic acids is 1. The highest BCUT2D eigenvalue weighted by molar-refractivity contribution is 7.89. The minimum absolute atomic E-state index is 0.190. The van der Waals surface area contributed by atoms with Crippen LogP contribution in [0.3, 0.4) is 0 Å². The first-order valence-corrected chi connectivity index (χ1v) is 12.0. The molecule has 2 aromatic carbocycles. The third kappa shape index (κ3) is 5.63. The summed E-state index contributed by atoms with van der Waals surface area (Å²) in [5.41, 5.74) is 2.43. The van der Waals surface area contributed by atoms with Gasteiger partial charge in [-0.1, -0.05) is 20.8 Å². The number of nitrogens with one attached hydrogen (secondary N) is 2. The number of carboxylic acid groups (broad SMARTS) is 1. The van der Waals surface area contributed by atoms with E-state index >= 15 is 0 Å². The molecule has 4 N–H and O–H groups in total. The van der Waals surface area contributed by atoms with E-state index in [-0.39, 0.29) is 22.6 Å². The number of hydrogen-bond donors (Lipinski definition) is 4. The second-order valence-corrected chi connectivity index (χ2v) is 11.0. The summed E-state index contributed by atoms with van der Waals surface area (Å²) in [4.78, 5) is 22.3. The van der Waals surface area contributed by atoms with Crippen LogP contribution >= 0.6 is 0 Å². The first-order chi connectivity index (χ1) is 15.3. The van der Waals surface area contributed by atoms with Gasteiger partial charge in [0, 0.05) is 23.9 Å². The molecular weight excluding hydrogens is 448 g/mol. The number of sulfonamides is 1. The molecule has 3 rings (SSSR count). The lowest BCUT2D eigenvalue weighted by Crippen LogP contribution is -2.32. The van der Waals surface area contributed by atoms with Crippen LogP contribution in [-0.4, -0.2) is 37.1 Å². The molecule has 0 fully saturated rings. The zero-order valence-electron chi connectivity index (χ0n) is 19.0. The molecule has 0 bridgehead atoms. The minimum atomic E-state index is -3.97. The van der Waals surface area contributed by atoms with Gasteiger partial charge in [-0.2, -0.15) is 0 Å². The first-order valence-electron chi connectivity index (χ1n) is 10.5. The van der Waals surface area contributed by atoms with Gasteiger partial charge in [0.1, 0.15) is 22.1 Å². The second kappa shape index (κ2) is 9.03. The molecule has 0 aliphatic heterocycles. The monoisotopic (exact) mass is 476 g/mol. The summed E-state index contributed by atoms with van der Waals surface area (Å²) in [5, 5.41) is 21.5. The summed E-state index contributed by atoms with van der Waals surface area (Å²) in [5.74, 6) is -2.33. The number of benzene rings is 2. The fourth-order valence-corrected chi connectivity index (χ4v) is 5.00. The van der Waals surface area contributed by atoms with E-state index < -0.39 is 27.6 Å². The highest BCUT2D eigenvalue weighted by Crippen LogP contribution is 2.41. The molecule has 0 aromatic heterocycles. The summed E-state index contributed by atoms with van der Waals surface area (Å²) in [6.45, 7) is 7.62. The molecule has 0 atom stereocenters. The molecule has 0 saturated carbocycles. The standard InChI is InChI=1S/C23H28N2O7S/c1-13-10-17(25-21(27)22(28)29)15-6-5-7-16(15)20(13)32-14-8-9-18(26)19(11-14)33(30,31)24-12-23(2,3)4/h8-11,24,26H,5-7,12H2,1-4H3,(H,25,27)(H,28,29). The maximum absolute atomic E-state index is 12.7. The third-order valence-corrected chi connectivity index (χ3v) is 6.64. The van der Waals surface area contributed by atoms with Crippen molar-refractivity contribution in [2.75, 3.05) is 11.9 Å². The van der Waals surface area contributed by atoms with E-state index in [0.717, 1.165) is 17.5 Å². The molecule has 1 amide bonds. The van der Waals surface area contributed by atoms with Gasteiger partial charge in [-0.05, 0) is 60.9 Å². The normalized spacial score (nSPS) is 13.5. The number of phenols is 1. The van der Waals surface area contributed by atoms with Crippen molar-refractivity contribution in [3.05, 3.63) is 41.0 Å². The predicted octanol–water partition coefficient (Wildman–Crippen LogP) is 3.33. The second-order valence-electron chi connectivity index (χ2n) is 9.26. The van der Waals surface area contributed by atoms with Crippen LogP contribution in [0.15, 0.2) is 29.2 Å². The fourth-order valence-electron chi connectivity index (χ4n) is 3.61. The van der Waals surface area contributed by atoms with E-state index in [0.29, 0.717) is 29.8 Å². The number of aromatic hydroxyl groups is 1. The number of ether oxygens (including phenoxy) is 1. The average molecular weight is 477 g/mol. The number of rotatable bonds is 6. The van der Waals surface area contributed by atoms with Crippen molar-refractivity contribution in [2.45, 2.75) is 51.9 Å². The Morgan fingerprint density at radius 3 is 2.42 bits per heavy atom. The maximum Gasteiger partial charge on any atom is 0.394 e. The molecule has 2 aromatic rings. The lowest BCUT2D eigenvalue weighted by Gasteiger charge is -2.20. The highest BCUT2D eigenvalue weighted by atomic mass is 32.2. The molecule has 0 radical (unpaired) electrons. The largest absolute Gasteiger partial charge is 0.507 e. The smallest absolute Gasteiger partial charge is 0.394 e. The van der Waals surface area contributed by atoms with Gasteiger partial charge < -0.3 is 20.3 Å². The van der Waals surface area contributed by atoms with Crippen LogP contribution in [-0.2, 0) is 32.5 Å². The zero-order valence-corrected chi connectivity index (χ0v) is 19.8. The van der Waals surface area contributed by atoms with Crippen LogP contribution < -0.4 is 14.8 Å². The molecule has 1 aliphatic rings. The SMILES string of the molecule is Cc1cc(NC(=O)C(=O)O)c2c(c1Oc1ccc(O)c(S(=O)(=O)NCC(C)(C)C)c1)CCC2. The van der Waals surface area contributed by atoms with E-state index in [1.807, 2.05) is 20.8 Å². The highest BCUT2D eigenvalue weighted by Gasteiger charge is 2.26. The summed E-state index contributed by atoms with van der Waals surface area (Å²) in [6.07, 6.45) is 2.11. The summed E-state index contributed by atoms with van der Waals surface area (Å²) in [7, 11) is -3.97. The molecule has 10 heteroatoms. The quantitative estimate of drug-likeness (QED) is 0.469. The Labute approximate surface area is 192 Å². The van der Waals surface area contributed by atoms with Gasteiger partial charge in [-0.3, -0.25) is 4.79 Å². The number of anilines is 1. The van der Waals surface area contributed by atoms with Gasteiger partial charge in [0.15, 0.2) is 0 Å². The van der Waals surface area contributed by atoms with Crippen LogP contribution in [0.5, 0.6) is 17.2 Å². The minimum Gasteiger partial charge on any atom is -0.507 e. The van der Waals surface area contributed by atoms with Gasteiger partial charge in [0.25, 0.3) is 0 Å². The fraction of sp³-hybridized carbons (Fsp3) is 0.391. The summed E-state index contributed by atoms with van der Waals surface area (Å²) < 4.78 is 34.1. The molecule has 0 spiro atoms. The summed E-state index contributed by atoms with van der Waals surface area (Å²) in [6, 6.07) is 5.64. The maximum atomic E-state index is 12.7. The Bertz CT molecular complexity index is 1210. The van der Waals surface area contributed by atoms with Gasteiger partial charge in [0.2, 0.25) is 10.0 Å². The van der Waals surface area contributed by atoms with E-state index in [1.54, 1.807) is 13.0 Å². The van der Waals surface area contributed by atoms with Gasteiger partial charge >= 0.3 is 11.9 Å². The Morgan fingerprint density at radius 1 is 1.12 bits per heavy atom. The van der Waals surface area contributed by atoms with Crippen molar-refractivity contribution < 1.29 is 33.0 Å². The van der Waals surface area contributed by atoms with Crippen LogP contribution in [0.25, 0.3) is 0 Å². The molecule has 33 heavy (non-hydrogen) atoms. The summed E-state index contributed by atoms with van der Waals surface area (Å²) >= 11 is 0. The number of aryl methyl sites for hydroxylation is 1. The lowest BCUT2D eigenvalue weighted by atomic mass is 9.98. The Morgan fingerprint density at radius 2 is 1.79 bits per heavy atom. The van der Waals surface area contributed by atoms with Crippen molar-refractivity contribution in [2.24, 2.45) is 5.41 Å². The van der Waals surface area contributed by atoms with Gasteiger partial charge in [-0.25, -0.2) is 17.9 Å². The van der Waals surface area contributed by atoms with Crippen molar-refractivity contribution in [1.82, 2.24) is 4.72 Å². The van der Waals surface area contributed by atoms with Crippen LogP contribution in [0.2, 0.25) is 0 Å². The van der Waals surface area contributed by atoms with E-state index in [1.165, 1.54) is 18.2 Å². The predicted molar refractivity (Wildman–Crippen MR) is 122 cm³/mol. The van der Waals surface area contributed by atoms with Crippen molar-refractivity contribution in [3.63, 3.8) is 0 Å². The Balaban J connectivity index is 1.95. The molecule has 0 unspecified atom stereocenters. The number of phenolic OH excluding ortho intramolecular Hbond substituents is 1. The van der Waals surface area contributed by atoms with E-state index in [4.69, 9.17) is 9.84 Å².